The van der Waals surface area contributed by atoms with Gasteiger partial charge in [0.2, 0.25) is 5.60 Å². The molecule has 1 amide bonds. The van der Waals surface area contributed by atoms with Crippen LogP contribution in [0.1, 0.15) is 67.0 Å². The summed E-state index contributed by atoms with van der Waals surface area (Å²) in [6.07, 6.45) is -4.96. The van der Waals surface area contributed by atoms with Gasteiger partial charge in [-0.3, -0.25) is 14.4 Å². The number of hydrogen-bond acceptors (Lipinski definition) is 6. The highest BCUT2D eigenvalue weighted by Gasteiger charge is 2.56. The van der Waals surface area contributed by atoms with Crippen LogP contribution in [0.15, 0.2) is 16.9 Å². The van der Waals surface area contributed by atoms with Crippen molar-refractivity contribution in [2.45, 2.75) is 75.9 Å². The Bertz CT molecular complexity index is 1770. The van der Waals surface area contributed by atoms with Crippen molar-refractivity contribution in [1.82, 2.24) is 14.9 Å². The summed E-state index contributed by atoms with van der Waals surface area (Å²) in [5, 5.41) is 23.7. The van der Waals surface area contributed by atoms with Gasteiger partial charge < -0.3 is 20.1 Å². The first kappa shape index (κ1) is 27.8. The minimum absolute atomic E-state index is 0.0133. The Labute approximate surface area is 234 Å². The number of rotatable bonds is 3. The normalized spacial score (nSPS) is 22.7. The van der Waals surface area contributed by atoms with Gasteiger partial charge in [0, 0.05) is 34.6 Å². The predicted octanol–water partition coefficient (Wildman–Crippen LogP) is 3.75. The van der Waals surface area contributed by atoms with Gasteiger partial charge in [0.1, 0.15) is 11.4 Å². The van der Waals surface area contributed by atoms with Crippen LogP contribution < -0.4 is 10.9 Å². The summed E-state index contributed by atoms with van der Waals surface area (Å²) in [4.78, 5) is 43.7. The van der Waals surface area contributed by atoms with Gasteiger partial charge in [0.05, 0.1) is 34.5 Å². The third kappa shape index (κ3) is 3.73. The number of nitrogens with zero attached hydrogens (tertiary/aromatic N) is 2. The number of pyridine rings is 2. The van der Waals surface area contributed by atoms with E-state index in [1.165, 1.54) is 10.6 Å². The molecule has 0 saturated heterocycles. The van der Waals surface area contributed by atoms with Gasteiger partial charge in [-0.1, -0.05) is 18.5 Å². The standard InChI is InChI=1S/C28H24ClF4N3O5/c1-3-27(41)14-8-18-23-13(10-36(18)24(38)11(14)5-7-19(27)37)21-16(35-25(39)26(2,40)28(31,32)33)6-4-12-20(21)17(34-23)9-15(30)22(12)29/h8-9,16,40-41H,3-7,10H2,1-2H3,(H,35,39)/t16-,26-,27-/m0/s1. The zero-order chi connectivity index (χ0) is 29.8. The van der Waals surface area contributed by atoms with Crippen molar-refractivity contribution in [3.63, 3.8) is 0 Å². The van der Waals surface area contributed by atoms with E-state index in [1.54, 1.807) is 6.92 Å². The smallest absolute Gasteiger partial charge is 0.377 e. The fourth-order valence-electron chi connectivity index (χ4n) is 6.31. The summed E-state index contributed by atoms with van der Waals surface area (Å²) in [5.41, 5.74) is -3.89. The maximum atomic E-state index is 14.8. The number of halogens is 5. The molecule has 3 heterocycles. The molecule has 3 N–H and O–H groups in total. The molecule has 13 heteroatoms. The van der Waals surface area contributed by atoms with Crippen molar-refractivity contribution < 1.29 is 37.4 Å². The SMILES string of the molecule is CC[C@@]1(O)C(=O)CCc2c1cc1n(c2=O)Cc2c-1nc1cc(F)c(Cl)c3c1c2[C@@H](NC(=O)[C@](C)(O)C(F)(F)F)CC3. The third-order valence-electron chi connectivity index (χ3n) is 8.72. The topological polar surface area (TPSA) is 122 Å². The number of aryl methyl sites for hydroxylation is 1. The molecule has 2 aromatic heterocycles. The number of fused-ring (bicyclic) bond motifs is 5. The Balaban J connectivity index is 1.60. The van der Waals surface area contributed by atoms with Gasteiger partial charge >= 0.3 is 6.18 Å². The molecule has 1 aromatic carbocycles. The molecule has 0 unspecified atom stereocenters. The molecule has 41 heavy (non-hydrogen) atoms. The number of amides is 1. The van der Waals surface area contributed by atoms with E-state index >= 15 is 0 Å². The van der Waals surface area contributed by atoms with Gasteiger partial charge in [-0.25, -0.2) is 9.37 Å². The van der Waals surface area contributed by atoms with E-state index in [1.807, 2.05) is 0 Å². The van der Waals surface area contributed by atoms with Crippen LogP contribution in [0.2, 0.25) is 5.02 Å². The second-order valence-electron chi connectivity index (χ2n) is 11.0. The van der Waals surface area contributed by atoms with Crippen LogP contribution in [-0.2, 0) is 34.6 Å². The van der Waals surface area contributed by atoms with Gasteiger partial charge in [-0.2, -0.15) is 13.2 Å². The van der Waals surface area contributed by atoms with Crippen LogP contribution in [0.25, 0.3) is 22.3 Å². The molecule has 3 aromatic rings. The van der Waals surface area contributed by atoms with Gasteiger partial charge in [0.15, 0.2) is 5.78 Å². The van der Waals surface area contributed by atoms with Crippen LogP contribution in [0.5, 0.6) is 0 Å². The average molecular weight is 594 g/mol. The quantitative estimate of drug-likeness (QED) is 0.311. The number of alkyl halides is 3. The number of hydrogen-bond donors (Lipinski definition) is 3. The fraction of sp³-hybridized carbons (Fsp3) is 0.429. The molecular formula is C28H24ClF4N3O5. The number of benzene rings is 1. The Kier molecular flexibility index (Phi) is 5.98. The average Bonchev–Trinajstić information content (AvgIpc) is 3.28. The van der Waals surface area contributed by atoms with Gasteiger partial charge in [-0.15, -0.1) is 0 Å². The van der Waals surface area contributed by atoms with Crippen LogP contribution in [0, 0.1) is 5.82 Å². The highest BCUT2D eigenvalue weighted by atomic mass is 35.5. The number of carbonyl (C=O) groups is 2. The summed E-state index contributed by atoms with van der Waals surface area (Å²) in [7, 11) is 0. The molecule has 0 saturated carbocycles. The zero-order valence-corrected chi connectivity index (χ0v) is 22.6. The molecule has 8 nitrogen and oxygen atoms in total. The lowest BCUT2D eigenvalue weighted by molar-refractivity contribution is -0.245. The van der Waals surface area contributed by atoms with E-state index in [9.17, 15) is 42.2 Å². The molecule has 216 valence electrons. The number of aliphatic hydroxyl groups is 2. The van der Waals surface area contributed by atoms with Crippen LogP contribution in [0.4, 0.5) is 17.6 Å². The van der Waals surface area contributed by atoms with Gasteiger partial charge in [0.25, 0.3) is 11.5 Å². The van der Waals surface area contributed by atoms with E-state index in [0.29, 0.717) is 29.0 Å². The first-order chi connectivity index (χ1) is 19.1. The Morgan fingerprint density at radius 3 is 2.56 bits per heavy atom. The molecule has 0 radical (unpaired) electrons. The zero-order valence-electron chi connectivity index (χ0n) is 21.9. The van der Waals surface area contributed by atoms with Crippen molar-refractivity contribution in [2.24, 2.45) is 0 Å². The molecular weight excluding hydrogens is 570 g/mol. The van der Waals surface area contributed by atoms with E-state index in [4.69, 9.17) is 11.6 Å². The van der Waals surface area contributed by atoms with Crippen molar-refractivity contribution >= 4 is 34.2 Å². The van der Waals surface area contributed by atoms with Crippen molar-refractivity contribution in [2.75, 3.05) is 0 Å². The summed E-state index contributed by atoms with van der Waals surface area (Å²) in [5.74, 6) is -2.85. The minimum Gasteiger partial charge on any atom is -0.377 e. The fourth-order valence-corrected chi connectivity index (χ4v) is 6.55. The number of ketones is 1. The highest BCUT2D eigenvalue weighted by molar-refractivity contribution is 6.32. The van der Waals surface area contributed by atoms with Crippen molar-refractivity contribution in [3.8, 4) is 11.4 Å². The van der Waals surface area contributed by atoms with E-state index in [-0.39, 0.29) is 71.7 Å². The molecule has 0 fully saturated rings. The van der Waals surface area contributed by atoms with Crippen molar-refractivity contribution in [1.29, 1.82) is 0 Å². The summed E-state index contributed by atoms with van der Waals surface area (Å²) < 4.78 is 56.6. The number of aromatic nitrogens is 2. The van der Waals surface area contributed by atoms with E-state index in [2.05, 4.69) is 10.3 Å². The summed E-state index contributed by atoms with van der Waals surface area (Å²) >= 11 is 6.28. The Morgan fingerprint density at radius 2 is 1.90 bits per heavy atom. The highest BCUT2D eigenvalue weighted by Crippen LogP contribution is 2.47. The lowest BCUT2D eigenvalue weighted by atomic mass is 9.77. The predicted molar refractivity (Wildman–Crippen MR) is 139 cm³/mol. The van der Waals surface area contributed by atoms with Gasteiger partial charge in [-0.05, 0) is 49.8 Å². The second kappa shape index (κ2) is 8.83. The molecule has 0 spiro atoms. The Morgan fingerprint density at radius 1 is 1.20 bits per heavy atom. The number of carbonyl (C=O) groups excluding carboxylic acids is 2. The molecule has 1 aliphatic heterocycles. The molecule has 0 bridgehead atoms. The molecule has 2 aliphatic carbocycles. The van der Waals surface area contributed by atoms with E-state index < -0.39 is 46.5 Å². The van der Waals surface area contributed by atoms with Crippen LogP contribution >= 0.6 is 11.6 Å². The Hall–Kier alpha value is -3.35. The van der Waals surface area contributed by atoms with Crippen LogP contribution in [-0.4, -0.2) is 43.2 Å². The molecule has 3 atom stereocenters. The molecule has 3 aliphatic rings. The molecule has 6 rings (SSSR count). The third-order valence-corrected chi connectivity index (χ3v) is 9.13. The first-order valence-corrected chi connectivity index (χ1v) is 13.5. The first-order valence-electron chi connectivity index (χ1n) is 13.1. The monoisotopic (exact) mass is 593 g/mol. The summed E-state index contributed by atoms with van der Waals surface area (Å²) in [6.45, 7) is 1.91. The maximum absolute atomic E-state index is 14.8. The van der Waals surface area contributed by atoms with Crippen LogP contribution in [0.3, 0.4) is 0 Å². The number of Topliss-reactive ketones (excluding diaryl/α,β-unsaturated/α-hetero) is 1. The van der Waals surface area contributed by atoms with E-state index in [0.717, 1.165) is 6.07 Å². The lowest BCUT2D eigenvalue weighted by Gasteiger charge is -2.32. The summed E-state index contributed by atoms with van der Waals surface area (Å²) in [6, 6.07) is 1.54. The maximum Gasteiger partial charge on any atom is 0.426 e. The second-order valence-corrected chi connectivity index (χ2v) is 11.4. The van der Waals surface area contributed by atoms with Crippen molar-refractivity contribution in [3.05, 3.63) is 61.1 Å². The largest absolute Gasteiger partial charge is 0.426 e. The minimum atomic E-state index is -5.25. The lowest BCUT2D eigenvalue weighted by Crippen LogP contribution is -2.55. The number of nitrogens with one attached hydrogen (secondary N) is 1.